The van der Waals surface area contributed by atoms with Gasteiger partial charge in [0.1, 0.15) is 29.7 Å². The first-order valence-electron chi connectivity index (χ1n) is 7.52. The maximum atomic E-state index is 9.47. The first-order valence-corrected chi connectivity index (χ1v) is 7.52. The van der Waals surface area contributed by atoms with Gasteiger partial charge in [0, 0.05) is 0 Å². The predicted octanol–water partition coefficient (Wildman–Crippen LogP) is 1.00. The molecule has 2 heterocycles. The van der Waals surface area contributed by atoms with Crippen LogP contribution >= 0.6 is 0 Å². The van der Waals surface area contributed by atoms with Crippen molar-refractivity contribution in [2.45, 2.75) is 58.9 Å². The van der Waals surface area contributed by atoms with Gasteiger partial charge in [-0.3, -0.25) is 0 Å². The standard InChI is InChI=1S/C15H26N2O4/c1-8(2)12-11(7-19)17-14(21-12)15(4,5)13-16-10(6-18)9(3)20-13/h8-12,18-19H,6-7H2,1-5H3. The minimum Gasteiger partial charge on any atom is -0.475 e. The van der Waals surface area contributed by atoms with Crippen molar-refractivity contribution in [3.8, 4) is 0 Å². The summed E-state index contributed by atoms with van der Waals surface area (Å²) < 4.78 is 11.7. The van der Waals surface area contributed by atoms with Crippen LogP contribution < -0.4 is 0 Å². The molecular weight excluding hydrogens is 272 g/mol. The number of hydrogen-bond acceptors (Lipinski definition) is 6. The summed E-state index contributed by atoms with van der Waals surface area (Å²) in [4.78, 5) is 8.97. The average Bonchev–Trinajstić information content (AvgIpc) is 3.02. The Morgan fingerprint density at radius 3 is 2.00 bits per heavy atom. The van der Waals surface area contributed by atoms with Gasteiger partial charge in [0.15, 0.2) is 11.8 Å². The highest BCUT2D eigenvalue weighted by molar-refractivity contribution is 6.05. The van der Waals surface area contributed by atoms with Crippen LogP contribution in [-0.2, 0) is 9.47 Å². The zero-order valence-electron chi connectivity index (χ0n) is 13.4. The van der Waals surface area contributed by atoms with E-state index in [1.165, 1.54) is 0 Å². The summed E-state index contributed by atoms with van der Waals surface area (Å²) in [5, 5.41) is 18.8. The van der Waals surface area contributed by atoms with Gasteiger partial charge in [-0.1, -0.05) is 13.8 Å². The summed E-state index contributed by atoms with van der Waals surface area (Å²) in [6, 6.07) is -0.483. The lowest BCUT2D eigenvalue weighted by Crippen LogP contribution is -2.37. The topological polar surface area (TPSA) is 83.6 Å². The van der Waals surface area contributed by atoms with E-state index < -0.39 is 5.41 Å². The fourth-order valence-corrected chi connectivity index (χ4v) is 2.63. The number of aliphatic imine (C=N–C) groups is 2. The lowest BCUT2D eigenvalue weighted by atomic mass is 9.93. The lowest BCUT2D eigenvalue weighted by molar-refractivity contribution is 0.102. The van der Waals surface area contributed by atoms with E-state index in [0.29, 0.717) is 11.8 Å². The van der Waals surface area contributed by atoms with Crippen LogP contribution in [0.4, 0.5) is 0 Å². The van der Waals surface area contributed by atoms with Gasteiger partial charge in [-0.05, 0) is 26.7 Å². The van der Waals surface area contributed by atoms with Crippen molar-refractivity contribution in [1.29, 1.82) is 0 Å². The number of rotatable bonds is 5. The Labute approximate surface area is 125 Å². The van der Waals surface area contributed by atoms with E-state index in [0.717, 1.165) is 0 Å². The Morgan fingerprint density at radius 1 is 1.05 bits per heavy atom. The maximum Gasteiger partial charge on any atom is 0.199 e. The summed E-state index contributed by atoms with van der Waals surface area (Å²) in [5.74, 6) is 1.34. The molecule has 0 amide bonds. The second-order valence-electron chi connectivity index (χ2n) is 6.64. The van der Waals surface area contributed by atoms with Crippen LogP contribution in [0, 0.1) is 11.3 Å². The Balaban J connectivity index is 2.21. The largest absolute Gasteiger partial charge is 0.475 e. The van der Waals surface area contributed by atoms with Crippen LogP contribution in [0.25, 0.3) is 0 Å². The number of nitrogens with zero attached hydrogens (tertiary/aromatic N) is 2. The highest BCUT2D eigenvalue weighted by Gasteiger charge is 2.46. The van der Waals surface area contributed by atoms with Crippen LogP contribution in [0.2, 0.25) is 0 Å². The van der Waals surface area contributed by atoms with Crippen LogP contribution in [0.3, 0.4) is 0 Å². The molecule has 6 nitrogen and oxygen atoms in total. The van der Waals surface area contributed by atoms with Crippen molar-refractivity contribution in [2.75, 3.05) is 13.2 Å². The molecule has 0 fully saturated rings. The molecule has 4 atom stereocenters. The summed E-state index contributed by atoms with van der Waals surface area (Å²) in [5.41, 5.74) is -0.602. The van der Waals surface area contributed by atoms with Gasteiger partial charge in [0.25, 0.3) is 0 Å². The molecule has 0 bridgehead atoms. The highest BCUT2D eigenvalue weighted by atomic mass is 16.5. The third-order valence-corrected chi connectivity index (χ3v) is 4.13. The second-order valence-corrected chi connectivity index (χ2v) is 6.64. The molecule has 2 rings (SSSR count). The van der Waals surface area contributed by atoms with Gasteiger partial charge in [-0.25, -0.2) is 9.98 Å². The third kappa shape index (κ3) is 2.92. The minimum absolute atomic E-state index is 0.0363. The van der Waals surface area contributed by atoms with E-state index in [1.807, 2.05) is 34.6 Å². The smallest absolute Gasteiger partial charge is 0.199 e. The lowest BCUT2D eigenvalue weighted by Gasteiger charge is -2.26. The molecule has 0 saturated carbocycles. The Morgan fingerprint density at radius 2 is 1.57 bits per heavy atom. The quantitative estimate of drug-likeness (QED) is 0.793. The summed E-state index contributed by atoms with van der Waals surface area (Å²) in [7, 11) is 0. The molecule has 21 heavy (non-hydrogen) atoms. The molecule has 4 unspecified atom stereocenters. The third-order valence-electron chi connectivity index (χ3n) is 4.13. The molecule has 0 aromatic heterocycles. The molecule has 2 aliphatic heterocycles. The molecular formula is C15H26N2O4. The van der Waals surface area contributed by atoms with Crippen molar-refractivity contribution >= 4 is 11.8 Å². The molecule has 0 radical (unpaired) electrons. The fraction of sp³-hybridized carbons (Fsp3) is 0.867. The number of aliphatic hydroxyl groups excluding tert-OH is 2. The van der Waals surface area contributed by atoms with E-state index in [2.05, 4.69) is 9.98 Å². The molecule has 0 aliphatic carbocycles. The Kier molecular flexibility index (Phi) is 4.58. The molecule has 0 aromatic rings. The Hall–Kier alpha value is -1.14. The molecule has 0 saturated heterocycles. The molecule has 2 aliphatic rings. The molecule has 0 aromatic carbocycles. The molecule has 120 valence electrons. The van der Waals surface area contributed by atoms with Crippen LogP contribution in [0.1, 0.15) is 34.6 Å². The SMILES string of the molecule is CC(C)C1OC(C(C)(C)C2=NC(CO)C(C)O2)=NC1CO. The van der Waals surface area contributed by atoms with Crippen molar-refractivity contribution in [3.63, 3.8) is 0 Å². The van der Waals surface area contributed by atoms with Gasteiger partial charge in [0.05, 0.1) is 13.2 Å². The van der Waals surface area contributed by atoms with E-state index in [-0.39, 0.29) is 43.4 Å². The maximum absolute atomic E-state index is 9.47. The zero-order chi connectivity index (χ0) is 15.8. The minimum atomic E-state index is -0.602. The molecule has 6 heteroatoms. The first kappa shape index (κ1) is 16.2. The van der Waals surface area contributed by atoms with E-state index >= 15 is 0 Å². The summed E-state index contributed by atoms with van der Waals surface area (Å²) in [6.07, 6.45) is -0.279. The van der Waals surface area contributed by atoms with Crippen LogP contribution in [0.15, 0.2) is 9.98 Å². The van der Waals surface area contributed by atoms with Gasteiger partial charge >= 0.3 is 0 Å². The predicted molar refractivity (Wildman–Crippen MR) is 80.7 cm³/mol. The number of ether oxygens (including phenoxy) is 2. The van der Waals surface area contributed by atoms with Crippen molar-refractivity contribution in [1.82, 2.24) is 0 Å². The van der Waals surface area contributed by atoms with E-state index in [9.17, 15) is 10.2 Å². The van der Waals surface area contributed by atoms with Gasteiger partial charge < -0.3 is 19.7 Å². The van der Waals surface area contributed by atoms with Gasteiger partial charge in [0.2, 0.25) is 0 Å². The first-order chi connectivity index (χ1) is 9.81. The average molecular weight is 298 g/mol. The van der Waals surface area contributed by atoms with Crippen molar-refractivity contribution in [3.05, 3.63) is 0 Å². The highest BCUT2D eigenvalue weighted by Crippen LogP contribution is 2.33. The normalized spacial score (nSPS) is 32.8. The zero-order valence-corrected chi connectivity index (χ0v) is 13.4. The monoisotopic (exact) mass is 298 g/mol. The van der Waals surface area contributed by atoms with E-state index in [1.54, 1.807) is 0 Å². The van der Waals surface area contributed by atoms with Crippen LogP contribution in [0.5, 0.6) is 0 Å². The fourth-order valence-electron chi connectivity index (χ4n) is 2.63. The molecule has 0 spiro atoms. The van der Waals surface area contributed by atoms with Crippen LogP contribution in [-0.4, -0.2) is 59.5 Å². The van der Waals surface area contributed by atoms with Gasteiger partial charge in [-0.15, -0.1) is 0 Å². The van der Waals surface area contributed by atoms with Crippen molar-refractivity contribution in [2.24, 2.45) is 21.3 Å². The number of aliphatic hydroxyl groups is 2. The summed E-state index contributed by atoms with van der Waals surface area (Å²) >= 11 is 0. The Bertz CT molecular complexity index is 445. The van der Waals surface area contributed by atoms with Crippen molar-refractivity contribution < 1.29 is 19.7 Å². The van der Waals surface area contributed by atoms with Gasteiger partial charge in [-0.2, -0.15) is 0 Å². The second kappa shape index (κ2) is 5.93. The number of hydrogen-bond donors (Lipinski definition) is 2. The summed E-state index contributed by atoms with van der Waals surface area (Å²) in [6.45, 7) is 9.78. The van der Waals surface area contributed by atoms with E-state index in [4.69, 9.17) is 9.47 Å². The molecule has 2 N–H and O–H groups in total.